The van der Waals surface area contributed by atoms with Gasteiger partial charge in [0.1, 0.15) is 0 Å². The predicted octanol–water partition coefficient (Wildman–Crippen LogP) is 3.50. The molecule has 2 heteroatoms. The Morgan fingerprint density at radius 2 is 1.93 bits per heavy atom. The first-order chi connectivity index (χ1) is 6.53. The standard InChI is InChI=1S/C12H20OS/c1-5-12(13,6-2)11-7-9(3)8-14-10(11)4/h7,13H,5-6,8H2,1-4H3. The topological polar surface area (TPSA) is 20.2 Å². The van der Waals surface area contributed by atoms with Crippen molar-refractivity contribution in [3.63, 3.8) is 0 Å². The molecule has 0 saturated carbocycles. The van der Waals surface area contributed by atoms with Gasteiger partial charge in [-0.25, -0.2) is 0 Å². The minimum Gasteiger partial charge on any atom is -0.385 e. The molecule has 0 atom stereocenters. The number of thioether (sulfide) groups is 1. The fourth-order valence-corrected chi connectivity index (χ4v) is 2.71. The average molecular weight is 212 g/mol. The molecule has 1 aliphatic heterocycles. The Labute approximate surface area is 91.3 Å². The molecule has 0 bridgehead atoms. The van der Waals surface area contributed by atoms with Gasteiger partial charge in [-0.15, -0.1) is 11.8 Å². The largest absolute Gasteiger partial charge is 0.385 e. The minimum absolute atomic E-state index is 0.612. The second kappa shape index (κ2) is 4.54. The van der Waals surface area contributed by atoms with Crippen molar-refractivity contribution in [1.29, 1.82) is 0 Å². The van der Waals surface area contributed by atoms with E-state index in [9.17, 15) is 5.11 Å². The molecule has 0 radical (unpaired) electrons. The van der Waals surface area contributed by atoms with Crippen LogP contribution in [0, 0.1) is 0 Å². The van der Waals surface area contributed by atoms with E-state index >= 15 is 0 Å². The van der Waals surface area contributed by atoms with Gasteiger partial charge in [-0.3, -0.25) is 0 Å². The molecule has 1 heterocycles. The first-order valence-corrected chi connectivity index (χ1v) is 6.25. The molecule has 0 unspecified atom stereocenters. The van der Waals surface area contributed by atoms with Gasteiger partial charge in [-0.2, -0.15) is 0 Å². The number of rotatable bonds is 3. The van der Waals surface area contributed by atoms with Gasteiger partial charge in [0, 0.05) is 5.75 Å². The van der Waals surface area contributed by atoms with E-state index in [1.807, 2.05) is 25.6 Å². The lowest BCUT2D eigenvalue weighted by Crippen LogP contribution is -2.30. The molecule has 1 aliphatic rings. The monoisotopic (exact) mass is 212 g/mol. The smallest absolute Gasteiger partial charge is 0.0898 e. The Hall–Kier alpha value is -0.210. The molecule has 0 aromatic heterocycles. The van der Waals surface area contributed by atoms with E-state index < -0.39 is 5.60 Å². The third-order valence-corrected chi connectivity index (χ3v) is 4.21. The molecule has 1 nitrogen and oxygen atoms in total. The number of aliphatic hydroxyl groups is 1. The summed E-state index contributed by atoms with van der Waals surface area (Å²) in [5.74, 6) is 1.07. The molecule has 0 saturated heterocycles. The molecule has 80 valence electrons. The van der Waals surface area contributed by atoms with Crippen LogP contribution in [0.1, 0.15) is 40.5 Å². The summed E-state index contributed by atoms with van der Waals surface area (Å²) in [7, 11) is 0. The summed E-state index contributed by atoms with van der Waals surface area (Å²) in [5.41, 5.74) is 1.88. The highest BCUT2D eigenvalue weighted by Crippen LogP contribution is 2.37. The molecular weight excluding hydrogens is 192 g/mol. The van der Waals surface area contributed by atoms with Gasteiger partial charge in [0.2, 0.25) is 0 Å². The molecule has 0 spiro atoms. The van der Waals surface area contributed by atoms with E-state index in [2.05, 4.69) is 19.9 Å². The average Bonchev–Trinajstić information content (AvgIpc) is 2.20. The second-order valence-corrected chi connectivity index (χ2v) is 5.18. The summed E-state index contributed by atoms with van der Waals surface area (Å²) in [4.78, 5) is 1.28. The van der Waals surface area contributed by atoms with E-state index in [1.165, 1.54) is 10.5 Å². The maximum atomic E-state index is 10.4. The summed E-state index contributed by atoms with van der Waals surface area (Å²) in [6.45, 7) is 8.34. The van der Waals surface area contributed by atoms with Crippen molar-refractivity contribution in [2.45, 2.75) is 46.1 Å². The summed E-state index contributed by atoms with van der Waals surface area (Å²) in [6, 6.07) is 0. The van der Waals surface area contributed by atoms with Crippen LogP contribution < -0.4 is 0 Å². The Kier molecular flexibility index (Phi) is 3.85. The van der Waals surface area contributed by atoms with Crippen LogP contribution in [-0.4, -0.2) is 16.5 Å². The molecule has 1 N–H and O–H groups in total. The normalized spacial score (nSPS) is 18.5. The van der Waals surface area contributed by atoms with Gasteiger partial charge in [-0.1, -0.05) is 25.5 Å². The van der Waals surface area contributed by atoms with Gasteiger partial charge >= 0.3 is 0 Å². The number of hydrogen-bond acceptors (Lipinski definition) is 2. The zero-order valence-electron chi connectivity index (χ0n) is 9.55. The van der Waals surface area contributed by atoms with E-state index in [1.54, 1.807) is 0 Å². The minimum atomic E-state index is -0.612. The van der Waals surface area contributed by atoms with Crippen LogP contribution in [0.25, 0.3) is 0 Å². The summed E-state index contributed by atoms with van der Waals surface area (Å²) in [6.07, 6.45) is 3.75. The zero-order chi connectivity index (χ0) is 10.8. The van der Waals surface area contributed by atoms with Gasteiger partial charge in [0.25, 0.3) is 0 Å². The molecule has 0 aromatic carbocycles. The maximum Gasteiger partial charge on any atom is 0.0898 e. The van der Waals surface area contributed by atoms with Gasteiger partial charge in [-0.05, 0) is 37.2 Å². The Balaban J connectivity index is 3.06. The molecule has 0 amide bonds. The van der Waals surface area contributed by atoms with Gasteiger partial charge < -0.3 is 5.11 Å². The summed E-state index contributed by atoms with van der Waals surface area (Å²) < 4.78 is 0. The van der Waals surface area contributed by atoms with Crippen LogP contribution in [0.5, 0.6) is 0 Å². The van der Waals surface area contributed by atoms with E-state index in [4.69, 9.17) is 0 Å². The second-order valence-electron chi connectivity index (χ2n) is 3.99. The van der Waals surface area contributed by atoms with Gasteiger partial charge in [0.15, 0.2) is 0 Å². The van der Waals surface area contributed by atoms with Crippen LogP contribution in [0.3, 0.4) is 0 Å². The summed E-state index contributed by atoms with van der Waals surface area (Å²) >= 11 is 1.84. The van der Waals surface area contributed by atoms with Crippen LogP contribution in [0.4, 0.5) is 0 Å². The fourth-order valence-electron chi connectivity index (χ4n) is 1.78. The van der Waals surface area contributed by atoms with E-state index in [0.717, 1.165) is 24.2 Å². The van der Waals surface area contributed by atoms with Crippen molar-refractivity contribution in [1.82, 2.24) is 0 Å². The predicted molar refractivity (Wildman–Crippen MR) is 64.4 cm³/mol. The molecular formula is C12H20OS. The Morgan fingerprint density at radius 1 is 1.36 bits per heavy atom. The first kappa shape index (κ1) is 11.9. The van der Waals surface area contributed by atoms with Crippen molar-refractivity contribution < 1.29 is 5.11 Å². The van der Waals surface area contributed by atoms with Crippen LogP contribution in [0.15, 0.2) is 22.1 Å². The van der Waals surface area contributed by atoms with E-state index in [0.29, 0.717) is 0 Å². The lowest BCUT2D eigenvalue weighted by atomic mass is 9.86. The van der Waals surface area contributed by atoms with Crippen molar-refractivity contribution in [2.24, 2.45) is 0 Å². The van der Waals surface area contributed by atoms with Crippen molar-refractivity contribution >= 4 is 11.8 Å². The quantitative estimate of drug-likeness (QED) is 0.772. The number of hydrogen-bond donors (Lipinski definition) is 1. The molecule has 14 heavy (non-hydrogen) atoms. The lowest BCUT2D eigenvalue weighted by Gasteiger charge is -2.31. The zero-order valence-corrected chi connectivity index (χ0v) is 10.4. The fraction of sp³-hybridized carbons (Fsp3) is 0.667. The van der Waals surface area contributed by atoms with Crippen molar-refractivity contribution in [3.8, 4) is 0 Å². The number of allylic oxidation sites excluding steroid dienone is 1. The third-order valence-electron chi connectivity index (χ3n) is 2.96. The van der Waals surface area contributed by atoms with Gasteiger partial charge in [0.05, 0.1) is 5.60 Å². The van der Waals surface area contributed by atoms with Crippen LogP contribution >= 0.6 is 11.8 Å². The third kappa shape index (κ3) is 2.23. The highest BCUT2D eigenvalue weighted by Gasteiger charge is 2.29. The summed E-state index contributed by atoms with van der Waals surface area (Å²) in [5, 5.41) is 10.4. The molecule has 1 rings (SSSR count). The highest BCUT2D eigenvalue weighted by atomic mass is 32.2. The Bertz CT molecular complexity index is 272. The van der Waals surface area contributed by atoms with Crippen LogP contribution in [-0.2, 0) is 0 Å². The van der Waals surface area contributed by atoms with Crippen molar-refractivity contribution in [3.05, 3.63) is 22.1 Å². The van der Waals surface area contributed by atoms with E-state index in [-0.39, 0.29) is 0 Å². The highest BCUT2D eigenvalue weighted by molar-refractivity contribution is 8.03. The molecule has 0 fully saturated rings. The van der Waals surface area contributed by atoms with Crippen LogP contribution in [0.2, 0.25) is 0 Å². The molecule has 0 aromatic rings. The molecule has 0 aliphatic carbocycles. The Morgan fingerprint density at radius 3 is 2.43 bits per heavy atom. The van der Waals surface area contributed by atoms with Crippen molar-refractivity contribution in [2.75, 3.05) is 5.75 Å². The maximum absolute atomic E-state index is 10.4. The SMILES string of the molecule is CCC(O)(CC)C1=C(C)SCC(C)=C1. The lowest BCUT2D eigenvalue weighted by molar-refractivity contribution is 0.0732. The first-order valence-electron chi connectivity index (χ1n) is 5.27.